The summed E-state index contributed by atoms with van der Waals surface area (Å²) in [6, 6.07) is 14.3. The highest BCUT2D eigenvalue weighted by atomic mass is 19.1. The molecule has 38 heavy (non-hydrogen) atoms. The Labute approximate surface area is 223 Å². The molecule has 8 nitrogen and oxygen atoms in total. The molecule has 3 aliphatic heterocycles. The summed E-state index contributed by atoms with van der Waals surface area (Å²) >= 11 is 0. The molecule has 0 spiro atoms. The number of nitrogens with zero attached hydrogens (tertiary/aromatic N) is 6. The molecular formula is C29H34FN7O. The molecule has 1 N–H and O–H groups in total. The molecular weight excluding hydrogens is 481 g/mol. The normalized spacial score (nSPS) is 21.9. The summed E-state index contributed by atoms with van der Waals surface area (Å²) < 4.78 is 20.4. The predicted molar refractivity (Wildman–Crippen MR) is 146 cm³/mol. The molecule has 2 aromatic carbocycles. The van der Waals surface area contributed by atoms with Crippen LogP contribution in [0.15, 0.2) is 36.4 Å². The fraction of sp³-hybridized carbons (Fsp3) is 0.483. The van der Waals surface area contributed by atoms with Gasteiger partial charge in [-0.05, 0) is 56.4 Å². The predicted octanol–water partition coefficient (Wildman–Crippen LogP) is 3.50. The van der Waals surface area contributed by atoms with E-state index in [1.807, 2.05) is 18.2 Å². The fourth-order valence-corrected chi connectivity index (χ4v) is 6.05. The minimum absolute atomic E-state index is 0.113. The molecule has 0 radical (unpaired) electrons. The number of ether oxygens (including phenoxy) is 1. The molecule has 2 saturated heterocycles. The Balaban J connectivity index is 1.33. The molecule has 9 heteroatoms. The summed E-state index contributed by atoms with van der Waals surface area (Å²) in [5, 5.41) is 14.6. The maximum Gasteiger partial charge on any atom is 0.318 e. The van der Waals surface area contributed by atoms with Gasteiger partial charge in [-0.3, -0.25) is 0 Å². The van der Waals surface area contributed by atoms with Crippen LogP contribution in [0.2, 0.25) is 0 Å². The van der Waals surface area contributed by atoms with Crippen molar-refractivity contribution in [2.24, 2.45) is 0 Å². The second kappa shape index (κ2) is 10.7. The second-order valence-corrected chi connectivity index (χ2v) is 10.6. The van der Waals surface area contributed by atoms with E-state index in [1.165, 1.54) is 12.5 Å². The highest BCUT2D eigenvalue weighted by molar-refractivity contribution is 5.94. The molecule has 2 atom stereocenters. The van der Waals surface area contributed by atoms with Gasteiger partial charge in [0.2, 0.25) is 0 Å². The molecule has 1 aromatic heterocycles. The number of aromatic nitrogens is 2. The smallest absolute Gasteiger partial charge is 0.318 e. The largest absolute Gasteiger partial charge is 0.462 e. The number of anilines is 2. The van der Waals surface area contributed by atoms with Crippen molar-refractivity contribution in [3.63, 3.8) is 0 Å². The lowest BCUT2D eigenvalue weighted by Crippen LogP contribution is -2.51. The van der Waals surface area contributed by atoms with Crippen LogP contribution < -0.4 is 19.9 Å². The lowest BCUT2D eigenvalue weighted by Gasteiger charge is -2.37. The summed E-state index contributed by atoms with van der Waals surface area (Å²) in [6.45, 7) is 5.41. The van der Waals surface area contributed by atoms with Crippen LogP contribution in [-0.4, -0.2) is 73.3 Å². The minimum atomic E-state index is -0.231. The number of piperazine rings is 1. The minimum Gasteiger partial charge on any atom is -0.462 e. The third kappa shape index (κ3) is 4.98. The van der Waals surface area contributed by atoms with E-state index in [4.69, 9.17) is 14.7 Å². The molecule has 6 rings (SSSR count). The average molecular weight is 516 g/mol. The molecule has 0 aliphatic carbocycles. The maximum atomic E-state index is 14.2. The van der Waals surface area contributed by atoms with Crippen molar-refractivity contribution in [3.8, 4) is 12.1 Å². The number of benzene rings is 2. The third-order valence-electron chi connectivity index (χ3n) is 8.15. The van der Waals surface area contributed by atoms with Gasteiger partial charge in [-0.2, -0.15) is 15.2 Å². The van der Waals surface area contributed by atoms with Crippen molar-refractivity contribution in [2.45, 2.75) is 44.3 Å². The van der Waals surface area contributed by atoms with Crippen molar-refractivity contribution in [3.05, 3.63) is 53.5 Å². The number of hydrogen-bond acceptors (Lipinski definition) is 8. The molecule has 1 unspecified atom stereocenters. The summed E-state index contributed by atoms with van der Waals surface area (Å²) in [5.41, 5.74) is 3.12. The van der Waals surface area contributed by atoms with Gasteiger partial charge in [0.25, 0.3) is 0 Å². The Morgan fingerprint density at radius 3 is 2.92 bits per heavy atom. The zero-order chi connectivity index (χ0) is 26.1. The van der Waals surface area contributed by atoms with E-state index in [0.717, 1.165) is 79.1 Å². The van der Waals surface area contributed by atoms with Crippen molar-refractivity contribution in [1.82, 2.24) is 20.2 Å². The van der Waals surface area contributed by atoms with E-state index < -0.39 is 0 Å². The zero-order valence-electron chi connectivity index (χ0n) is 21.9. The van der Waals surface area contributed by atoms with Crippen molar-refractivity contribution >= 4 is 22.3 Å². The third-order valence-corrected chi connectivity index (χ3v) is 8.15. The van der Waals surface area contributed by atoms with Gasteiger partial charge in [0.15, 0.2) is 0 Å². The first kappa shape index (κ1) is 24.8. The quantitative estimate of drug-likeness (QED) is 0.535. The topological polar surface area (TPSA) is 80.5 Å². The number of nitrogens with one attached hydrogen (secondary N) is 1. The Morgan fingerprint density at radius 2 is 2.08 bits per heavy atom. The van der Waals surface area contributed by atoms with Crippen LogP contribution in [0.25, 0.3) is 10.8 Å². The molecule has 2 fully saturated rings. The van der Waals surface area contributed by atoms with E-state index in [-0.39, 0.29) is 11.9 Å². The van der Waals surface area contributed by atoms with E-state index >= 15 is 0 Å². The van der Waals surface area contributed by atoms with Crippen molar-refractivity contribution in [2.75, 3.05) is 56.2 Å². The number of fused-ring (bicyclic) bond motifs is 2. The van der Waals surface area contributed by atoms with Crippen LogP contribution in [-0.2, 0) is 13.0 Å². The lowest BCUT2D eigenvalue weighted by molar-refractivity contribution is 0.187. The van der Waals surface area contributed by atoms with Gasteiger partial charge in [0, 0.05) is 54.9 Å². The second-order valence-electron chi connectivity index (χ2n) is 10.6. The summed E-state index contributed by atoms with van der Waals surface area (Å²) in [6.07, 6.45) is 3.55. The summed E-state index contributed by atoms with van der Waals surface area (Å²) in [4.78, 5) is 16.8. The van der Waals surface area contributed by atoms with Gasteiger partial charge in [-0.1, -0.05) is 18.2 Å². The zero-order valence-corrected chi connectivity index (χ0v) is 21.9. The average Bonchev–Trinajstić information content (AvgIpc) is 3.35. The van der Waals surface area contributed by atoms with E-state index in [9.17, 15) is 9.65 Å². The monoisotopic (exact) mass is 515 g/mol. The van der Waals surface area contributed by atoms with E-state index in [1.54, 1.807) is 6.07 Å². The van der Waals surface area contributed by atoms with Crippen LogP contribution in [0.4, 0.5) is 15.9 Å². The van der Waals surface area contributed by atoms with Gasteiger partial charge >= 0.3 is 6.01 Å². The summed E-state index contributed by atoms with van der Waals surface area (Å²) in [5.74, 6) is 0.697. The summed E-state index contributed by atoms with van der Waals surface area (Å²) in [7, 11) is 2.14. The number of hydrogen-bond donors (Lipinski definition) is 1. The maximum absolute atomic E-state index is 14.2. The van der Waals surface area contributed by atoms with E-state index in [0.29, 0.717) is 31.6 Å². The van der Waals surface area contributed by atoms with Crippen LogP contribution >= 0.6 is 0 Å². The van der Waals surface area contributed by atoms with Crippen molar-refractivity contribution in [1.29, 1.82) is 5.26 Å². The SMILES string of the molecule is CN1CCC[C@H]1COc1nc2c(c(N3CCNC(CC#N)C3)n1)CCN(c1cccc3ccc(F)cc13)C2. The number of likely N-dealkylation sites (N-methyl/N-ethyl adjacent to an activating group) is 1. The van der Waals surface area contributed by atoms with Crippen LogP contribution in [0.5, 0.6) is 6.01 Å². The molecule has 0 bridgehead atoms. The number of nitriles is 1. The standard InChI is InChI=1S/C29H34FN7O/c1-35-13-3-5-23(35)19-38-29-33-26-18-36(27-6-2-4-20-7-8-21(30)16-25(20)27)14-10-24(26)28(34-29)37-15-12-32-22(17-37)9-11-31/h2,4,6-8,16,22-23,32H,3,5,9-10,12-15,17-19H2,1H3/t22?,23-/m0/s1. The molecule has 3 aromatic rings. The molecule has 198 valence electrons. The van der Waals surface area contributed by atoms with Crippen LogP contribution in [0.3, 0.4) is 0 Å². The Morgan fingerprint density at radius 1 is 1.16 bits per heavy atom. The van der Waals surface area contributed by atoms with Gasteiger partial charge in [-0.15, -0.1) is 0 Å². The van der Waals surface area contributed by atoms with Gasteiger partial charge < -0.3 is 24.8 Å². The number of likely N-dealkylation sites (tertiary alicyclic amines) is 1. The first-order valence-corrected chi connectivity index (χ1v) is 13.6. The van der Waals surface area contributed by atoms with E-state index in [2.05, 4.69) is 39.2 Å². The Hall–Kier alpha value is -3.48. The number of rotatable bonds is 6. The Kier molecular flexibility index (Phi) is 7.00. The molecule has 4 heterocycles. The Bertz CT molecular complexity index is 1360. The van der Waals surface area contributed by atoms with Gasteiger partial charge in [-0.25, -0.2) is 4.39 Å². The highest BCUT2D eigenvalue weighted by Gasteiger charge is 2.30. The van der Waals surface area contributed by atoms with Crippen LogP contribution in [0, 0.1) is 17.1 Å². The number of halogens is 1. The first-order chi connectivity index (χ1) is 18.6. The van der Waals surface area contributed by atoms with Crippen LogP contribution in [0.1, 0.15) is 30.5 Å². The highest BCUT2D eigenvalue weighted by Crippen LogP contribution is 2.34. The molecule has 0 amide bonds. The van der Waals surface area contributed by atoms with Gasteiger partial charge in [0.05, 0.1) is 24.7 Å². The first-order valence-electron chi connectivity index (χ1n) is 13.6. The van der Waals surface area contributed by atoms with Gasteiger partial charge in [0.1, 0.15) is 18.2 Å². The molecule has 3 aliphatic rings. The van der Waals surface area contributed by atoms with Crippen molar-refractivity contribution < 1.29 is 9.13 Å². The molecule has 0 saturated carbocycles. The fourth-order valence-electron chi connectivity index (χ4n) is 6.05. The lowest BCUT2D eigenvalue weighted by atomic mass is 10.0.